The van der Waals surface area contributed by atoms with Gasteiger partial charge >= 0.3 is 12.1 Å². The Labute approximate surface area is 167 Å². The predicted molar refractivity (Wildman–Crippen MR) is 98.7 cm³/mol. The topological polar surface area (TPSA) is 81.7 Å². The summed E-state index contributed by atoms with van der Waals surface area (Å²) >= 11 is 0. The number of benzene rings is 1. The third-order valence-electron chi connectivity index (χ3n) is 3.72. The molecule has 0 aromatic heterocycles. The Hall–Kier alpha value is -2.58. The van der Waals surface area contributed by atoms with Crippen LogP contribution < -0.4 is 5.32 Å². The number of amides is 1. The average Bonchev–Trinajstić information content (AvgIpc) is 2.54. The van der Waals surface area contributed by atoms with Gasteiger partial charge in [0, 0.05) is 5.56 Å². The molecule has 2 atom stereocenters. The smallest absolute Gasteiger partial charge is 0.408 e. The van der Waals surface area contributed by atoms with Crippen molar-refractivity contribution in [3.8, 4) is 0 Å². The van der Waals surface area contributed by atoms with Crippen LogP contribution in [0.1, 0.15) is 59.4 Å². The number of carbonyl (C=O) groups is 3. The molecule has 0 aliphatic rings. The molecule has 6 nitrogen and oxygen atoms in total. The van der Waals surface area contributed by atoms with Crippen LogP contribution in [-0.2, 0) is 19.1 Å². The Balaban J connectivity index is 3.26. The minimum absolute atomic E-state index is 0.544. The number of halogens is 3. The van der Waals surface area contributed by atoms with Crippen LogP contribution in [0.5, 0.6) is 0 Å². The van der Waals surface area contributed by atoms with E-state index in [-0.39, 0.29) is 0 Å². The standard InChI is InChI=1S/C20H26F3NO5/c1-10(2)28-18(26)15(24-19(27)29-20(4,5)6)9-12(11(3)25)16-13(21)7-8-14(22)17(16)23/h7-8,10,12,15H,9H2,1-6H3,(H,24,27)/t12-,15+/m0/s1. The molecule has 0 aliphatic heterocycles. The van der Waals surface area contributed by atoms with Crippen LogP contribution in [0.2, 0.25) is 0 Å². The SMILES string of the molecule is CC(=O)[C@H](C[C@@H](NC(=O)OC(C)(C)C)C(=O)OC(C)C)c1c(F)ccc(F)c1F. The maximum atomic E-state index is 14.2. The molecule has 0 heterocycles. The fraction of sp³-hybridized carbons (Fsp3) is 0.550. The fourth-order valence-electron chi connectivity index (χ4n) is 2.56. The minimum Gasteiger partial charge on any atom is -0.461 e. The zero-order valence-electron chi connectivity index (χ0n) is 17.3. The molecule has 0 saturated carbocycles. The van der Waals surface area contributed by atoms with Gasteiger partial charge in [-0.05, 0) is 60.1 Å². The van der Waals surface area contributed by atoms with Crippen LogP contribution in [-0.4, -0.2) is 35.6 Å². The molecule has 162 valence electrons. The molecule has 1 amide bonds. The summed E-state index contributed by atoms with van der Waals surface area (Å²) in [5.74, 6) is -7.19. The fourth-order valence-corrected chi connectivity index (χ4v) is 2.56. The van der Waals surface area contributed by atoms with Crippen LogP contribution in [0.3, 0.4) is 0 Å². The van der Waals surface area contributed by atoms with E-state index in [1.807, 2.05) is 0 Å². The molecule has 1 N–H and O–H groups in total. The molecule has 0 spiro atoms. The highest BCUT2D eigenvalue weighted by Crippen LogP contribution is 2.29. The maximum Gasteiger partial charge on any atom is 0.408 e. The highest BCUT2D eigenvalue weighted by Gasteiger charge is 2.34. The summed E-state index contributed by atoms with van der Waals surface area (Å²) < 4.78 is 52.2. The minimum atomic E-state index is -1.54. The molecule has 29 heavy (non-hydrogen) atoms. The van der Waals surface area contributed by atoms with Crippen molar-refractivity contribution in [2.45, 2.75) is 71.6 Å². The van der Waals surface area contributed by atoms with Gasteiger partial charge in [-0.25, -0.2) is 22.8 Å². The van der Waals surface area contributed by atoms with Gasteiger partial charge in [-0.1, -0.05) is 0 Å². The summed E-state index contributed by atoms with van der Waals surface area (Å²) in [6, 6.07) is -0.176. The quantitative estimate of drug-likeness (QED) is 0.536. The molecule has 0 bridgehead atoms. The van der Waals surface area contributed by atoms with E-state index >= 15 is 0 Å². The number of alkyl carbamates (subject to hydrolysis) is 1. The molecule has 0 aliphatic carbocycles. The van der Waals surface area contributed by atoms with Gasteiger partial charge < -0.3 is 14.8 Å². The van der Waals surface area contributed by atoms with Gasteiger partial charge in [0.1, 0.15) is 23.2 Å². The lowest BCUT2D eigenvalue weighted by atomic mass is 9.88. The van der Waals surface area contributed by atoms with Crippen LogP contribution in [0.25, 0.3) is 0 Å². The van der Waals surface area contributed by atoms with Crippen molar-refractivity contribution < 1.29 is 37.0 Å². The number of esters is 1. The number of ether oxygens (including phenoxy) is 2. The number of carbonyl (C=O) groups excluding carboxylic acids is 3. The van der Waals surface area contributed by atoms with E-state index in [9.17, 15) is 27.6 Å². The molecule has 9 heteroatoms. The summed E-state index contributed by atoms with van der Waals surface area (Å²) in [5.41, 5.74) is -1.69. The summed E-state index contributed by atoms with van der Waals surface area (Å²) in [6.45, 7) is 8.98. The Morgan fingerprint density at radius 3 is 2.10 bits per heavy atom. The van der Waals surface area contributed by atoms with Gasteiger partial charge in [0.25, 0.3) is 0 Å². The first kappa shape index (κ1) is 24.5. The zero-order chi connectivity index (χ0) is 22.5. The second kappa shape index (κ2) is 9.76. The Kier molecular flexibility index (Phi) is 8.23. The van der Waals surface area contributed by atoms with Gasteiger partial charge in [-0.15, -0.1) is 0 Å². The number of Topliss-reactive ketones (excluding diaryl/α,β-unsaturated/α-hetero) is 1. The number of hydrogen-bond acceptors (Lipinski definition) is 5. The van der Waals surface area contributed by atoms with E-state index in [2.05, 4.69) is 5.32 Å². The van der Waals surface area contributed by atoms with Gasteiger partial charge in [0.05, 0.1) is 12.0 Å². The lowest BCUT2D eigenvalue weighted by Crippen LogP contribution is -2.46. The zero-order valence-corrected chi connectivity index (χ0v) is 17.3. The number of rotatable bonds is 7. The highest BCUT2D eigenvalue weighted by atomic mass is 19.2. The van der Waals surface area contributed by atoms with E-state index in [1.165, 1.54) is 0 Å². The molecular formula is C20H26F3NO5. The van der Waals surface area contributed by atoms with Crippen molar-refractivity contribution in [3.63, 3.8) is 0 Å². The van der Waals surface area contributed by atoms with Gasteiger partial charge in [-0.3, -0.25) is 4.79 Å². The normalized spacial score (nSPS) is 13.6. The van der Waals surface area contributed by atoms with Crippen molar-refractivity contribution in [1.82, 2.24) is 5.32 Å². The van der Waals surface area contributed by atoms with Gasteiger partial charge in [0.15, 0.2) is 11.6 Å². The van der Waals surface area contributed by atoms with Crippen molar-refractivity contribution in [3.05, 3.63) is 35.1 Å². The number of ketones is 1. The largest absolute Gasteiger partial charge is 0.461 e. The van der Waals surface area contributed by atoms with Crippen LogP contribution in [0.15, 0.2) is 12.1 Å². The first-order valence-electron chi connectivity index (χ1n) is 9.06. The van der Waals surface area contributed by atoms with E-state index in [4.69, 9.17) is 9.47 Å². The summed E-state index contributed by atoms with van der Waals surface area (Å²) in [7, 11) is 0. The summed E-state index contributed by atoms with van der Waals surface area (Å²) in [4.78, 5) is 36.6. The van der Waals surface area contributed by atoms with Crippen LogP contribution >= 0.6 is 0 Å². The monoisotopic (exact) mass is 417 g/mol. The molecule has 0 unspecified atom stereocenters. The lowest BCUT2D eigenvalue weighted by molar-refractivity contribution is -0.150. The second-order valence-corrected chi connectivity index (χ2v) is 7.84. The van der Waals surface area contributed by atoms with E-state index < -0.39 is 70.9 Å². The number of hydrogen-bond donors (Lipinski definition) is 1. The Morgan fingerprint density at radius 1 is 1.07 bits per heavy atom. The summed E-state index contributed by atoms with van der Waals surface area (Å²) in [5, 5.41) is 2.26. The molecular weight excluding hydrogens is 391 g/mol. The van der Waals surface area contributed by atoms with Crippen molar-refractivity contribution in [2.24, 2.45) is 0 Å². The Bertz CT molecular complexity index is 774. The molecule has 0 fully saturated rings. The second-order valence-electron chi connectivity index (χ2n) is 7.84. The molecule has 1 rings (SSSR count). The number of nitrogens with one attached hydrogen (secondary N) is 1. The first-order chi connectivity index (χ1) is 13.2. The third kappa shape index (κ3) is 7.40. The molecule has 1 aromatic carbocycles. The predicted octanol–water partition coefficient (Wildman–Crippen LogP) is 4.01. The third-order valence-corrected chi connectivity index (χ3v) is 3.72. The molecule has 1 aromatic rings. The Morgan fingerprint density at radius 2 is 1.62 bits per heavy atom. The van der Waals surface area contributed by atoms with Crippen LogP contribution in [0, 0.1) is 17.5 Å². The van der Waals surface area contributed by atoms with Crippen molar-refractivity contribution in [2.75, 3.05) is 0 Å². The molecule has 0 radical (unpaired) electrons. The average molecular weight is 417 g/mol. The van der Waals surface area contributed by atoms with E-state index in [0.29, 0.717) is 12.1 Å². The highest BCUT2D eigenvalue weighted by molar-refractivity contribution is 5.86. The van der Waals surface area contributed by atoms with Crippen molar-refractivity contribution >= 4 is 17.8 Å². The summed E-state index contributed by atoms with van der Waals surface area (Å²) in [6.07, 6.45) is -2.08. The van der Waals surface area contributed by atoms with Crippen LogP contribution in [0.4, 0.5) is 18.0 Å². The molecule has 0 saturated heterocycles. The van der Waals surface area contributed by atoms with Gasteiger partial charge in [-0.2, -0.15) is 0 Å². The van der Waals surface area contributed by atoms with Crippen molar-refractivity contribution in [1.29, 1.82) is 0 Å². The van der Waals surface area contributed by atoms with E-state index in [1.54, 1.807) is 34.6 Å². The maximum absolute atomic E-state index is 14.2. The first-order valence-corrected chi connectivity index (χ1v) is 9.06. The van der Waals surface area contributed by atoms with Gasteiger partial charge in [0.2, 0.25) is 0 Å². The lowest BCUT2D eigenvalue weighted by Gasteiger charge is -2.26. The van der Waals surface area contributed by atoms with E-state index in [0.717, 1.165) is 6.92 Å².